The van der Waals surface area contributed by atoms with Crippen LogP contribution in [0.25, 0.3) is 11.1 Å². The van der Waals surface area contributed by atoms with Crippen molar-refractivity contribution in [3.8, 4) is 11.1 Å². The van der Waals surface area contributed by atoms with E-state index in [9.17, 15) is 28.8 Å². The van der Waals surface area contributed by atoms with Crippen molar-refractivity contribution in [2.45, 2.75) is 47.5 Å². The number of anilines is 2. The fraction of sp³-hybridized carbons (Fsp3) is 0.200. The van der Waals surface area contributed by atoms with E-state index < -0.39 is 34.5 Å². The molecule has 0 saturated carbocycles. The highest BCUT2D eigenvalue weighted by Crippen LogP contribution is 2.44. The third-order valence-corrected chi connectivity index (χ3v) is 9.81. The predicted molar refractivity (Wildman–Crippen MR) is 207 cm³/mol. The molecule has 53 heavy (non-hydrogen) atoms. The molecule has 0 aromatic heterocycles. The molecule has 266 valence electrons. The minimum absolute atomic E-state index is 0.00545. The second kappa shape index (κ2) is 14.4. The summed E-state index contributed by atoms with van der Waals surface area (Å²) in [6.07, 6.45) is 7.71. The van der Waals surface area contributed by atoms with Gasteiger partial charge in [-0.05, 0) is 48.9 Å². The summed E-state index contributed by atoms with van der Waals surface area (Å²) in [5.74, 6) is -2.33. The van der Waals surface area contributed by atoms with Crippen molar-refractivity contribution in [2.24, 2.45) is 11.3 Å². The van der Waals surface area contributed by atoms with Gasteiger partial charge in [0.15, 0.2) is 23.1 Å². The molecule has 8 nitrogen and oxygen atoms in total. The standard InChI is InChI=1S/C45H40N2O6/c1-7-13-26(14-8-2)43(52)46-33-21-19-27(35-37(33)41(50)31-17-11-9-15-29(31)39(35)48)28-20-22-34(47-44(53)45(5,6)24-23-25(3)4)38-36(28)40(49)30-16-10-12-18-32(30)42(38)51/h7-22,25H,1,23-24H2,2-6H3,(H,46,52)(H,47,53)/b14-8-,26-13+. The van der Waals surface area contributed by atoms with Crippen molar-refractivity contribution in [3.63, 3.8) is 0 Å². The van der Waals surface area contributed by atoms with Gasteiger partial charge < -0.3 is 10.6 Å². The average molecular weight is 705 g/mol. The van der Waals surface area contributed by atoms with Crippen LogP contribution in [0.1, 0.15) is 111 Å². The molecule has 2 aliphatic carbocycles. The molecule has 0 bridgehead atoms. The molecular weight excluding hydrogens is 665 g/mol. The largest absolute Gasteiger partial charge is 0.325 e. The fourth-order valence-electron chi connectivity index (χ4n) is 6.87. The highest BCUT2D eigenvalue weighted by atomic mass is 16.2. The third-order valence-electron chi connectivity index (χ3n) is 9.81. The Kier molecular flexibility index (Phi) is 9.91. The SMILES string of the molecule is C=C/C=C(\C=C/C)C(=O)Nc1ccc(-c2ccc(NC(=O)C(C)(C)CCC(C)C)c3c2C(=O)c2ccccc2C3=O)c2c1C(=O)c1ccccc1C2=O. The molecule has 8 heteroatoms. The van der Waals surface area contributed by atoms with Crippen molar-refractivity contribution >= 4 is 46.3 Å². The topological polar surface area (TPSA) is 126 Å². The molecule has 6 rings (SSSR count). The monoisotopic (exact) mass is 704 g/mol. The summed E-state index contributed by atoms with van der Waals surface area (Å²) >= 11 is 0. The highest BCUT2D eigenvalue weighted by molar-refractivity contribution is 6.35. The van der Waals surface area contributed by atoms with Crippen LogP contribution in [0.4, 0.5) is 11.4 Å². The van der Waals surface area contributed by atoms with Gasteiger partial charge in [-0.1, -0.05) is 119 Å². The molecule has 0 heterocycles. The number of nitrogens with one attached hydrogen (secondary N) is 2. The van der Waals surface area contributed by atoms with Crippen LogP contribution in [0.3, 0.4) is 0 Å². The summed E-state index contributed by atoms with van der Waals surface area (Å²) in [6, 6.07) is 19.2. The van der Waals surface area contributed by atoms with Crippen molar-refractivity contribution in [3.05, 3.63) is 154 Å². The maximum Gasteiger partial charge on any atom is 0.255 e. The van der Waals surface area contributed by atoms with Crippen LogP contribution in [0.5, 0.6) is 0 Å². The second-order valence-electron chi connectivity index (χ2n) is 14.3. The van der Waals surface area contributed by atoms with Crippen LogP contribution in [-0.4, -0.2) is 34.9 Å². The van der Waals surface area contributed by atoms with E-state index in [1.54, 1.807) is 85.8 Å². The molecular formula is C45H40N2O6. The van der Waals surface area contributed by atoms with Gasteiger partial charge >= 0.3 is 0 Å². The minimum Gasteiger partial charge on any atom is -0.325 e. The van der Waals surface area contributed by atoms with Gasteiger partial charge in [-0.2, -0.15) is 0 Å². The Morgan fingerprint density at radius 1 is 0.660 bits per heavy atom. The smallest absolute Gasteiger partial charge is 0.255 e. The van der Waals surface area contributed by atoms with Crippen LogP contribution in [-0.2, 0) is 9.59 Å². The Balaban J connectivity index is 1.58. The van der Waals surface area contributed by atoms with Crippen LogP contribution < -0.4 is 10.6 Å². The Morgan fingerprint density at radius 3 is 1.51 bits per heavy atom. The molecule has 0 spiro atoms. The van der Waals surface area contributed by atoms with Crippen LogP contribution >= 0.6 is 0 Å². The van der Waals surface area contributed by atoms with Gasteiger partial charge in [0.1, 0.15) is 0 Å². The molecule has 0 atom stereocenters. The molecule has 2 N–H and O–H groups in total. The molecule has 0 radical (unpaired) electrons. The van der Waals surface area contributed by atoms with E-state index in [0.29, 0.717) is 12.3 Å². The number of ketones is 4. The second-order valence-corrected chi connectivity index (χ2v) is 14.3. The fourth-order valence-corrected chi connectivity index (χ4v) is 6.87. The van der Waals surface area contributed by atoms with Gasteiger partial charge in [0.05, 0.1) is 22.5 Å². The third kappa shape index (κ3) is 6.53. The number of carbonyl (C=O) groups excluding carboxylic acids is 6. The molecule has 0 fully saturated rings. The zero-order valence-corrected chi connectivity index (χ0v) is 30.4. The van der Waals surface area contributed by atoms with Crippen molar-refractivity contribution < 1.29 is 28.8 Å². The van der Waals surface area contributed by atoms with Gasteiger partial charge in [-0.25, -0.2) is 0 Å². The quantitative estimate of drug-likeness (QED) is 0.108. The Labute approximate surface area is 308 Å². The summed E-state index contributed by atoms with van der Waals surface area (Å²) in [6.45, 7) is 13.3. The lowest BCUT2D eigenvalue weighted by Crippen LogP contribution is -2.33. The van der Waals surface area contributed by atoms with E-state index in [1.165, 1.54) is 18.2 Å². The Hall–Kier alpha value is -6.28. The van der Waals surface area contributed by atoms with Gasteiger partial charge in [0.25, 0.3) is 5.91 Å². The van der Waals surface area contributed by atoms with Gasteiger partial charge in [-0.3, -0.25) is 28.8 Å². The maximum absolute atomic E-state index is 14.5. The molecule has 4 aromatic carbocycles. The van der Waals surface area contributed by atoms with E-state index in [1.807, 2.05) is 13.8 Å². The molecule has 4 aromatic rings. The van der Waals surface area contributed by atoms with E-state index in [4.69, 9.17) is 0 Å². The van der Waals surface area contributed by atoms with Crippen LogP contribution in [0.15, 0.2) is 109 Å². The van der Waals surface area contributed by atoms with Crippen LogP contribution in [0, 0.1) is 11.3 Å². The average Bonchev–Trinajstić information content (AvgIpc) is 3.14. The molecule has 2 aliphatic rings. The van der Waals surface area contributed by atoms with Gasteiger partial charge in [0.2, 0.25) is 5.91 Å². The summed E-state index contributed by atoms with van der Waals surface area (Å²) in [7, 11) is 0. The van der Waals surface area contributed by atoms with Gasteiger partial charge in [0, 0.05) is 44.4 Å². The maximum atomic E-state index is 14.5. The first-order valence-corrected chi connectivity index (χ1v) is 17.6. The molecule has 0 saturated heterocycles. The first-order chi connectivity index (χ1) is 25.3. The normalized spacial score (nSPS) is 13.7. The minimum atomic E-state index is -0.775. The van der Waals surface area contributed by atoms with Gasteiger partial charge in [-0.15, -0.1) is 0 Å². The van der Waals surface area contributed by atoms with Crippen molar-refractivity contribution in [1.82, 2.24) is 0 Å². The highest BCUT2D eigenvalue weighted by Gasteiger charge is 2.39. The van der Waals surface area contributed by atoms with Crippen molar-refractivity contribution in [2.75, 3.05) is 10.6 Å². The number of rotatable bonds is 10. The summed E-state index contributed by atoms with van der Waals surface area (Å²) in [5, 5.41) is 5.75. The lowest BCUT2D eigenvalue weighted by atomic mass is 9.75. The Morgan fingerprint density at radius 2 is 1.09 bits per heavy atom. The summed E-state index contributed by atoms with van der Waals surface area (Å²) in [4.78, 5) is 84.7. The van der Waals surface area contributed by atoms with E-state index in [0.717, 1.165) is 6.42 Å². The van der Waals surface area contributed by atoms with Crippen LogP contribution in [0.2, 0.25) is 0 Å². The summed E-state index contributed by atoms with van der Waals surface area (Å²) < 4.78 is 0. The number of hydrogen-bond acceptors (Lipinski definition) is 6. The number of fused-ring (bicyclic) bond motifs is 4. The van der Waals surface area contributed by atoms with E-state index in [2.05, 4.69) is 31.1 Å². The molecule has 0 unspecified atom stereocenters. The number of carbonyl (C=O) groups is 6. The number of allylic oxidation sites excluding steroid dienone is 3. The number of amides is 2. The number of benzene rings is 4. The first-order valence-electron chi connectivity index (χ1n) is 17.6. The lowest BCUT2D eigenvalue weighted by Gasteiger charge is -2.28. The predicted octanol–water partition coefficient (Wildman–Crippen LogP) is 8.93. The van der Waals surface area contributed by atoms with E-state index >= 15 is 0 Å². The van der Waals surface area contributed by atoms with Crippen molar-refractivity contribution in [1.29, 1.82) is 0 Å². The zero-order chi connectivity index (χ0) is 38.2. The number of hydrogen-bond donors (Lipinski definition) is 2. The zero-order valence-electron chi connectivity index (χ0n) is 30.4. The summed E-state index contributed by atoms with van der Waals surface area (Å²) in [5.41, 5.74) is 0.937. The first kappa shape index (κ1) is 36.5. The van der Waals surface area contributed by atoms with E-state index in [-0.39, 0.29) is 78.5 Å². The molecule has 0 aliphatic heterocycles. The molecule has 2 amide bonds. The lowest BCUT2D eigenvalue weighted by molar-refractivity contribution is -0.124. The Bertz CT molecular complexity index is 2340.